The summed E-state index contributed by atoms with van der Waals surface area (Å²) >= 11 is 0. The van der Waals surface area contributed by atoms with E-state index in [2.05, 4.69) is 36.5 Å². The fourth-order valence-electron chi connectivity index (χ4n) is 3.03. The van der Waals surface area contributed by atoms with Crippen molar-refractivity contribution in [3.8, 4) is 6.07 Å². The van der Waals surface area contributed by atoms with Gasteiger partial charge in [0.05, 0.1) is 11.6 Å². The molecule has 0 aliphatic heterocycles. The molecule has 1 aliphatic rings. The summed E-state index contributed by atoms with van der Waals surface area (Å²) in [4.78, 5) is 0. The zero-order valence-electron chi connectivity index (χ0n) is 12.4. The predicted molar refractivity (Wildman–Crippen MR) is 86.3 cm³/mol. The van der Waals surface area contributed by atoms with Crippen molar-refractivity contribution in [2.45, 2.75) is 38.6 Å². The highest BCUT2D eigenvalue weighted by Crippen LogP contribution is 2.26. The quantitative estimate of drug-likeness (QED) is 0.888. The van der Waals surface area contributed by atoms with Gasteiger partial charge in [0.1, 0.15) is 0 Å². The molecule has 1 atom stereocenters. The number of anilines is 1. The molecule has 2 nitrogen and oxygen atoms in total. The molecule has 2 aromatic carbocycles. The van der Waals surface area contributed by atoms with Gasteiger partial charge in [0.2, 0.25) is 0 Å². The minimum Gasteiger partial charge on any atom is -0.378 e. The molecular weight excluding hydrogens is 256 g/mol. The maximum Gasteiger partial charge on any atom is 0.0992 e. The molecule has 0 amide bonds. The second-order valence-corrected chi connectivity index (χ2v) is 5.79. The Balaban J connectivity index is 1.78. The minimum atomic E-state index is 0.242. The number of hydrogen-bond donors (Lipinski definition) is 1. The van der Waals surface area contributed by atoms with Crippen molar-refractivity contribution in [1.29, 1.82) is 5.26 Å². The number of rotatable bonds is 3. The summed E-state index contributed by atoms with van der Waals surface area (Å²) in [6, 6.07) is 16.9. The summed E-state index contributed by atoms with van der Waals surface area (Å²) in [5, 5.41) is 12.5. The van der Waals surface area contributed by atoms with Crippen LogP contribution in [0.1, 0.15) is 48.1 Å². The summed E-state index contributed by atoms with van der Waals surface area (Å²) < 4.78 is 0. The zero-order chi connectivity index (χ0) is 14.7. The fourth-order valence-corrected chi connectivity index (χ4v) is 3.03. The Labute approximate surface area is 126 Å². The first-order valence-electron chi connectivity index (χ1n) is 7.64. The average Bonchev–Trinajstić information content (AvgIpc) is 2.54. The number of nitrogens with one attached hydrogen (secondary N) is 1. The van der Waals surface area contributed by atoms with Gasteiger partial charge >= 0.3 is 0 Å². The van der Waals surface area contributed by atoms with E-state index in [0.29, 0.717) is 5.56 Å². The summed E-state index contributed by atoms with van der Waals surface area (Å²) in [5.74, 6) is 0. The van der Waals surface area contributed by atoms with E-state index in [4.69, 9.17) is 5.26 Å². The molecule has 0 saturated heterocycles. The van der Waals surface area contributed by atoms with Gasteiger partial charge in [-0.1, -0.05) is 24.3 Å². The van der Waals surface area contributed by atoms with Crippen LogP contribution in [0.5, 0.6) is 0 Å². The van der Waals surface area contributed by atoms with E-state index in [9.17, 15) is 0 Å². The lowest BCUT2D eigenvalue weighted by molar-refractivity contribution is 0.683. The summed E-state index contributed by atoms with van der Waals surface area (Å²) in [6.45, 7) is 2.17. The predicted octanol–water partition coefficient (Wildman–Crippen LogP) is 4.61. The molecule has 0 saturated carbocycles. The van der Waals surface area contributed by atoms with Crippen LogP contribution in [-0.2, 0) is 12.8 Å². The fraction of sp³-hybridized carbons (Fsp3) is 0.316. The Kier molecular flexibility index (Phi) is 3.92. The highest BCUT2D eigenvalue weighted by atomic mass is 14.9. The van der Waals surface area contributed by atoms with Crippen molar-refractivity contribution in [2.75, 3.05) is 5.32 Å². The van der Waals surface area contributed by atoms with Crippen LogP contribution in [0.15, 0.2) is 42.5 Å². The highest BCUT2D eigenvalue weighted by molar-refractivity contribution is 5.51. The molecule has 2 heteroatoms. The third-order valence-electron chi connectivity index (χ3n) is 4.25. The third-order valence-corrected chi connectivity index (χ3v) is 4.25. The van der Waals surface area contributed by atoms with Gasteiger partial charge in [-0.15, -0.1) is 0 Å². The van der Waals surface area contributed by atoms with Crippen molar-refractivity contribution in [2.24, 2.45) is 0 Å². The Morgan fingerprint density at radius 2 is 1.86 bits per heavy atom. The van der Waals surface area contributed by atoms with E-state index >= 15 is 0 Å². The molecule has 21 heavy (non-hydrogen) atoms. The molecular formula is C19H20N2. The van der Waals surface area contributed by atoms with E-state index < -0.39 is 0 Å². The van der Waals surface area contributed by atoms with Gasteiger partial charge in [0.15, 0.2) is 0 Å². The monoisotopic (exact) mass is 276 g/mol. The molecule has 1 unspecified atom stereocenters. The van der Waals surface area contributed by atoms with Crippen LogP contribution in [0.3, 0.4) is 0 Å². The molecule has 0 bridgehead atoms. The lowest BCUT2D eigenvalue weighted by atomic mass is 9.89. The van der Waals surface area contributed by atoms with Gasteiger partial charge in [-0.3, -0.25) is 0 Å². The molecule has 106 valence electrons. The van der Waals surface area contributed by atoms with Crippen LogP contribution in [0.2, 0.25) is 0 Å². The van der Waals surface area contributed by atoms with E-state index in [1.54, 1.807) is 0 Å². The Bertz CT molecular complexity index is 682. The maximum atomic E-state index is 8.97. The van der Waals surface area contributed by atoms with Gasteiger partial charge in [-0.25, -0.2) is 0 Å². The van der Waals surface area contributed by atoms with Crippen molar-refractivity contribution >= 4 is 5.69 Å². The Hall–Kier alpha value is -2.27. The first-order valence-corrected chi connectivity index (χ1v) is 7.64. The molecule has 2 aromatic rings. The number of fused-ring (bicyclic) bond motifs is 1. The molecule has 1 aliphatic carbocycles. The first-order chi connectivity index (χ1) is 10.3. The molecule has 0 spiro atoms. The van der Waals surface area contributed by atoms with Crippen molar-refractivity contribution in [1.82, 2.24) is 0 Å². The average molecular weight is 276 g/mol. The lowest BCUT2D eigenvalue weighted by Gasteiger charge is -2.20. The van der Waals surface area contributed by atoms with Crippen molar-refractivity contribution in [3.63, 3.8) is 0 Å². The Morgan fingerprint density at radius 1 is 1.05 bits per heavy atom. The van der Waals surface area contributed by atoms with Crippen LogP contribution in [0, 0.1) is 11.3 Å². The van der Waals surface area contributed by atoms with Gasteiger partial charge in [0, 0.05) is 11.7 Å². The minimum absolute atomic E-state index is 0.242. The number of nitriles is 1. The molecule has 0 heterocycles. The number of aryl methyl sites for hydroxylation is 2. The molecule has 0 radical (unpaired) electrons. The number of benzene rings is 2. The molecule has 1 N–H and O–H groups in total. The van der Waals surface area contributed by atoms with Crippen LogP contribution in [0.4, 0.5) is 5.69 Å². The second kappa shape index (κ2) is 6.01. The van der Waals surface area contributed by atoms with Gasteiger partial charge in [-0.05, 0) is 67.5 Å². The lowest BCUT2D eigenvalue weighted by Crippen LogP contribution is -2.09. The van der Waals surface area contributed by atoms with E-state index in [-0.39, 0.29) is 6.04 Å². The van der Waals surface area contributed by atoms with Gasteiger partial charge in [0.25, 0.3) is 0 Å². The molecule has 0 aromatic heterocycles. The second-order valence-electron chi connectivity index (χ2n) is 5.79. The topological polar surface area (TPSA) is 35.8 Å². The van der Waals surface area contributed by atoms with Crippen LogP contribution in [-0.4, -0.2) is 0 Å². The van der Waals surface area contributed by atoms with Crippen LogP contribution in [0.25, 0.3) is 0 Å². The number of hydrogen-bond acceptors (Lipinski definition) is 2. The van der Waals surface area contributed by atoms with Crippen molar-refractivity contribution in [3.05, 3.63) is 64.7 Å². The van der Waals surface area contributed by atoms with Crippen molar-refractivity contribution < 1.29 is 0 Å². The van der Waals surface area contributed by atoms with Gasteiger partial charge < -0.3 is 5.32 Å². The van der Waals surface area contributed by atoms with Crippen LogP contribution >= 0.6 is 0 Å². The standard InChI is InChI=1S/C19H20N2/c1-14(21-19-8-4-5-15(11-19)13-20)17-10-9-16-6-2-3-7-18(16)12-17/h4-5,8-12,14,21H,2-3,6-7H2,1H3. The first kappa shape index (κ1) is 13.7. The zero-order valence-corrected chi connectivity index (χ0v) is 12.4. The Morgan fingerprint density at radius 3 is 2.67 bits per heavy atom. The van der Waals surface area contributed by atoms with E-state index in [1.165, 1.54) is 42.4 Å². The maximum absolute atomic E-state index is 8.97. The normalized spacial score (nSPS) is 14.9. The SMILES string of the molecule is CC(Nc1cccc(C#N)c1)c1ccc2c(c1)CCCC2. The third kappa shape index (κ3) is 3.08. The van der Waals surface area contributed by atoms with E-state index in [1.807, 2.05) is 24.3 Å². The van der Waals surface area contributed by atoms with Gasteiger partial charge in [-0.2, -0.15) is 5.26 Å². The smallest absolute Gasteiger partial charge is 0.0992 e. The van der Waals surface area contributed by atoms with Crippen LogP contribution < -0.4 is 5.32 Å². The summed E-state index contributed by atoms with van der Waals surface area (Å²) in [7, 11) is 0. The summed E-state index contributed by atoms with van der Waals surface area (Å²) in [6.07, 6.45) is 5.06. The highest BCUT2D eigenvalue weighted by Gasteiger charge is 2.12. The molecule has 0 fully saturated rings. The largest absolute Gasteiger partial charge is 0.378 e. The summed E-state index contributed by atoms with van der Waals surface area (Å²) in [5.41, 5.74) is 6.04. The molecule has 3 rings (SSSR count). The van der Waals surface area contributed by atoms with E-state index in [0.717, 1.165) is 5.69 Å². The number of nitrogens with zero attached hydrogens (tertiary/aromatic N) is 1.